The SMILES string of the molecule is Cc1c(F)cccc1Nc1ncnc(OC(C)C)c1N. The van der Waals surface area contributed by atoms with Crippen LogP contribution in [0.3, 0.4) is 0 Å². The fourth-order valence-electron chi connectivity index (χ4n) is 1.67. The van der Waals surface area contributed by atoms with Gasteiger partial charge in [-0.25, -0.2) is 9.37 Å². The van der Waals surface area contributed by atoms with Gasteiger partial charge in [0.15, 0.2) is 5.82 Å². The lowest BCUT2D eigenvalue weighted by Gasteiger charge is -2.14. The fraction of sp³-hybridized carbons (Fsp3) is 0.286. The van der Waals surface area contributed by atoms with E-state index in [2.05, 4.69) is 15.3 Å². The van der Waals surface area contributed by atoms with Gasteiger partial charge in [0.05, 0.1) is 6.10 Å². The summed E-state index contributed by atoms with van der Waals surface area (Å²) >= 11 is 0. The molecule has 6 heteroatoms. The second-order valence-corrected chi connectivity index (χ2v) is 4.65. The zero-order chi connectivity index (χ0) is 14.7. The van der Waals surface area contributed by atoms with Gasteiger partial charge in [-0.2, -0.15) is 4.98 Å². The van der Waals surface area contributed by atoms with Crippen LogP contribution in [0.1, 0.15) is 19.4 Å². The first-order valence-electron chi connectivity index (χ1n) is 6.28. The Bertz CT molecular complexity index is 616. The number of benzene rings is 1. The van der Waals surface area contributed by atoms with Crippen LogP contribution in [0.5, 0.6) is 5.88 Å². The summed E-state index contributed by atoms with van der Waals surface area (Å²) in [6.07, 6.45) is 1.31. The van der Waals surface area contributed by atoms with Gasteiger partial charge in [-0.1, -0.05) is 6.07 Å². The predicted octanol–water partition coefficient (Wildman–Crippen LogP) is 3.04. The van der Waals surface area contributed by atoms with Crippen molar-refractivity contribution < 1.29 is 9.13 Å². The van der Waals surface area contributed by atoms with Crippen molar-refractivity contribution >= 4 is 17.2 Å². The Morgan fingerprint density at radius 2 is 2.05 bits per heavy atom. The molecule has 0 bridgehead atoms. The number of anilines is 3. The summed E-state index contributed by atoms with van der Waals surface area (Å²) in [5.74, 6) is 0.414. The van der Waals surface area contributed by atoms with E-state index in [1.54, 1.807) is 19.1 Å². The maximum Gasteiger partial charge on any atom is 0.242 e. The summed E-state index contributed by atoms with van der Waals surface area (Å²) in [6, 6.07) is 4.77. The van der Waals surface area contributed by atoms with Crippen molar-refractivity contribution in [2.24, 2.45) is 0 Å². The molecule has 0 saturated carbocycles. The highest BCUT2D eigenvalue weighted by atomic mass is 19.1. The number of ether oxygens (including phenoxy) is 1. The molecule has 1 heterocycles. The standard InChI is InChI=1S/C14H17FN4O/c1-8(2)20-14-12(16)13(17-7-18-14)19-11-6-4-5-10(15)9(11)3/h4-8H,16H2,1-3H3,(H,17,18,19). The van der Waals surface area contributed by atoms with E-state index in [9.17, 15) is 4.39 Å². The number of nitrogens with zero attached hydrogens (tertiary/aromatic N) is 2. The lowest BCUT2D eigenvalue weighted by Crippen LogP contribution is -2.11. The molecule has 0 aliphatic rings. The van der Waals surface area contributed by atoms with Crippen molar-refractivity contribution in [1.29, 1.82) is 0 Å². The summed E-state index contributed by atoms with van der Waals surface area (Å²) in [5.41, 5.74) is 7.36. The molecule has 0 saturated heterocycles. The highest BCUT2D eigenvalue weighted by Crippen LogP contribution is 2.29. The van der Waals surface area contributed by atoms with Crippen molar-refractivity contribution in [3.8, 4) is 5.88 Å². The van der Waals surface area contributed by atoms with Crippen molar-refractivity contribution in [2.75, 3.05) is 11.1 Å². The molecule has 20 heavy (non-hydrogen) atoms. The number of nitrogens with one attached hydrogen (secondary N) is 1. The molecule has 2 aromatic rings. The summed E-state index contributed by atoms with van der Waals surface area (Å²) < 4.78 is 19.0. The van der Waals surface area contributed by atoms with Crippen molar-refractivity contribution in [3.05, 3.63) is 35.9 Å². The van der Waals surface area contributed by atoms with Crippen molar-refractivity contribution in [3.63, 3.8) is 0 Å². The van der Waals surface area contributed by atoms with Gasteiger partial charge in [0.2, 0.25) is 5.88 Å². The van der Waals surface area contributed by atoms with Crippen LogP contribution in [-0.2, 0) is 0 Å². The Hall–Kier alpha value is -2.37. The maximum absolute atomic E-state index is 13.5. The van der Waals surface area contributed by atoms with E-state index in [4.69, 9.17) is 10.5 Å². The Morgan fingerprint density at radius 1 is 1.30 bits per heavy atom. The van der Waals surface area contributed by atoms with Crippen LogP contribution in [0.2, 0.25) is 0 Å². The number of hydrogen-bond donors (Lipinski definition) is 2. The molecule has 0 spiro atoms. The number of rotatable bonds is 4. The van der Waals surface area contributed by atoms with Gasteiger partial charge in [0.25, 0.3) is 0 Å². The molecule has 0 aliphatic heterocycles. The number of aromatic nitrogens is 2. The highest BCUT2D eigenvalue weighted by Gasteiger charge is 2.12. The van der Waals surface area contributed by atoms with Crippen LogP contribution in [-0.4, -0.2) is 16.1 Å². The smallest absolute Gasteiger partial charge is 0.242 e. The van der Waals surface area contributed by atoms with E-state index in [-0.39, 0.29) is 11.9 Å². The van der Waals surface area contributed by atoms with E-state index in [0.29, 0.717) is 28.6 Å². The third-order valence-corrected chi connectivity index (χ3v) is 2.72. The third-order valence-electron chi connectivity index (χ3n) is 2.72. The number of nitrogens with two attached hydrogens (primary N) is 1. The van der Waals surface area contributed by atoms with Gasteiger partial charge in [-0.3, -0.25) is 0 Å². The van der Waals surface area contributed by atoms with Crippen LogP contribution >= 0.6 is 0 Å². The monoisotopic (exact) mass is 276 g/mol. The fourth-order valence-corrected chi connectivity index (χ4v) is 1.67. The Labute approximate surface area is 117 Å². The highest BCUT2D eigenvalue weighted by molar-refractivity contribution is 5.73. The van der Waals surface area contributed by atoms with Gasteiger partial charge < -0.3 is 15.8 Å². The first-order chi connectivity index (χ1) is 9.49. The average molecular weight is 276 g/mol. The minimum Gasteiger partial charge on any atom is -0.473 e. The molecule has 0 radical (unpaired) electrons. The molecule has 106 valence electrons. The van der Waals surface area contributed by atoms with Gasteiger partial charge in [-0.15, -0.1) is 0 Å². The summed E-state index contributed by atoms with van der Waals surface area (Å²) in [6.45, 7) is 5.44. The quantitative estimate of drug-likeness (QED) is 0.898. The van der Waals surface area contributed by atoms with Crippen LogP contribution in [0.4, 0.5) is 21.6 Å². The minimum absolute atomic E-state index is 0.0454. The summed E-state index contributed by atoms with van der Waals surface area (Å²) in [4.78, 5) is 8.05. The molecule has 2 rings (SSSR count). The topological polar surface area (TPSA) is 73.1 Å². The van der Waals surface area contributed by atoms with Crippen LogP contribution in [0, 0.1) is 12.7 Å². The molecule has 0 amide bonds. The predicted molar refractivity (Wildman–Crippen MR) is 76.6 cm³/mol. The molecular weight excluding hydrogens is 259 g/mol. The second-order valence-electron chi connectivity index (χ2n) is 4.65. The first kappa shape index (κ1) is 14.0. The minimum atomic E-state index is -0.290. The van der Waals surface area contributed by atoms with Gasteiger partial charge >= 0.3 is 0 Å². The third kappa shape index (κ3) is 2.96. The van der Waals surface area contributed by atoms with Crippen LogP contribution < -0.4 is 15.8 Å². The molecule has 0 fully saturated rings. The molecule has 1 aromatic heterocycles. The molecule has 0 unspecified atom stereocenters. The normalized spacial score (nSPS) is 10.7. The molecule has 1 aromatic carbocycles. The van der Waals surface area contributed by atoms with Gasteiger partial charge in [0.1, 0.15) is 17.8 Å². The van der Waals surface area contributed by atoms with E-state index in [1.807, 2.05) is 13.8 Å². The zero-order valence-electron chi connectivity index (χ0n) is 11.6. The first-order valence-corrected chi connectivity index (χ1v) is 6.28. The Balaban J connectivity index is 2.32. The van der Waals surface area contributed by atoms with Crippen molar-refractivity contribution in [1.82, 2.24) is 9.97 Å². The Kier molecular flexibility index (Phi) is 4.02. The molecule has 3 N–H and O–H groups in total. The van der Waals surface area contributed by atoms with E-state index in [1.165, 1.54) is 12.4 Å². The van der Waals surface area contributed by atoms with Crippen LogP contribution in [0.15, 0.2) is 24.5 Å². The number of hydrogen-bond acceptors (Lipinski definition) is 5. The van der Waals surface area contributed by atoms with Crippen LogP contribution in [0.25, 0.3) is 0 Å². The van der Waals surface area contributed by atoms with Gasteiger partial charge in [0, 0.05) is 11.3 Å². The lowest BCUT2D eigenvalue weighted by atomic mass is 10.2. The van der Waals surface area contributed by atoms with E-state index >= 15 is 0 Å². The second kappa shape index (κ2) is 5.73. The molecule has 0 atom stereocenters. The summed E-state index contributed by atoms with van der Waals surface area (Å²) in [5, 5.41) is 3.00. The molecule has 5 nitrogen and oxygen atoms in total. The summed E-state index contributed by atoms with van der Waals surface area (Å²) in [7, 11) is 0. The molecular formula is C14H17FN4O. The average Bonchev–Trinajstić information content (AvgIpc) is 2.39. The van der Waals surface area contributed by atoms with E-state index in [0.717, 1.165) is 0 Å². The van der Waals surface area contributed by atoms with E-state index < -0.39 is 0 Å². The Morgan fingerprint density at radius 3 is 2.75 bits per heavy atom. The zero-order valence-corrected chi connectivity index (χ0v) is 11.6. The largest absolute Gasteiger partial charge is 0.473 e. The number of halogens is 1. The molecule has 0 aliphatic carbocycles. The maximum atomic E-state index is 13.5. The number of nitrogen functional groups attached to an aromatic ring is 1. The van der Waals surface area contributed by atoms with Crippen molar-refractivity contribution in [2.45, 2.75) is 26.9 Å². The lowest BCUT2D eigenvalue weighted by molar-refractivity contribution is 0.234. The van der Waals surface area contributed by atoms with Gasteiger partial charge in [-0.05, 0) is 32.9 Å².